The van der Waals surface area contributed by atoms with Gasteiger partial charge in [0.05, 0.1) is 18.4 Å². The molecular weight excluding hydrogens is 671 g/mol. The Balaban J connectivity index is 1.29. The average Bonchev–Trinajstić information content (AvgIpc) is 3.73. The number of carbonyl (C=O) groups is 1. The summed E-state index contributed by atoms with van der Waals surface area (Å²) in [6.45, 7) is 8.04. The minimum absolute atomic E-state index is 0.0623. The third-order valence-electron chi connectivity index (χ3n) is 11.0. The van der Waals surface area contributed by atoms with E-state index in [1.165, 1.54) is 17.6 Å². The Morgan fingerprint density at radius 2 is 1.98 bits per heavy atom. The van der Waals surface area contributed by atoms with E-state index in [9.17, 15) is 15.1 Å². The lowest BCUT2D eigenvalue weighted by atomic mass is 9.80. The molecule has 5 unspecified atom stereocenters. The van der Waals surface area contributed by atoms with Gasteiger partial charge in [-0.15, -0.1) is 0 Å². The van der Waals surface area contributed by atoms with Crippen molar-refractivity contribution in [1.82, 2.24) is 20.3 Å². The SMILES string of the molecule is COc1cccc(C2NCCN3C(C)c4c5c(c(C)c(OC(C)=O)c4C(SCC4CN(O)CCCc6c4[nH]c4ccc(N)cc64)C23)OCO5)c1O. The summed E-state index contributed by atoms with van der Waals surface area (Å²) in [4.78, 5) is 18.9. The van der Waals surface area contributed by atoms with E-state index in [0.717, 1.165) is 63.9 Å². The van der Waals surface area contributed by atoms with E-state index in [-0.39, 0.29) is 41.8 Å². The van der Waals surface area contributed by atoms with Crippen LogP contribution in [-0.4, -0.2) is 83.1 Å². The van der Waals surface area contributed by atoms with Gasteiger partial charge in [-0.05, 0) is 56.5 Å². The highest BCUT2D eigenvalue weighted by Crippen LogP contribution is 2.60. The molecule has 13 heteroatoms. The summed E-state index contributed by atoms with van der Waals surface area (Å²) >= 11 is 1.77. The number of nitrogens with zero attached hydrogens (tertiary/aromatic N) is 2. The summed E-state index contributed by atoms with van der Waals surface area (Å²) in [6, 6.07) is 11.0. The first-order valence-electron chi connectivity index (χ1n) is 17.6. The number of fused-ring (bicyclic) bond motifs is 7. The molecule has 6 N–H and O–H groups in total. The number of aromatic hydroxyl groups is 1. The lowest BCUT2D eigenvalue weighted by Crippen LogP contribution is -2.57. The second-order valence-corrected chi connectivity index (χ2v) is 15.1. The fourth-order valence-electron chi connectivity index (χ4n) is 8.79. The van der Waals surface area contributed by atoms with Crippen LogP contribution in [0.2, 0.25) is 0 Å². The molecule has 4 aromatic rings. The van der Waals surface area contributed by atoms with Crippen molar-refractivity contribution in [1.29, 1.82) is 0 Å². The summed E-state index contributed by atoms with van der Waals surface area (Å²) in [5.74, 6) is 2.46. The Labute approximate surface area is 301 Å². The number of ether oxygens (including phenoxy) is 4. The molecule has 8 rings (SSSR count). The van der Waals surface area contributed by atoms with Gasteiger partial charge in [0.1, 0.15) is 5.75 Å². The molecule has 1 saturated heterocycles. The topological polar surface area (TPSA) is 155 Å². The predicted octanol–water partition coefficient (Wildman–Crippen LogP) is 5.71. The van der Waals surface area contributed by atoms with Crippen LogP contribution in [-0.2, 0) is 11.2 Å². The molecule has 0 amide bonds. The number of hydrogen-bond acceptors (Lipinski definition) is 12. The molecule has 5 atom stereocenters. The number of hydrogen-bond donors (Lipinski definition) is 5. The predicted molar refractivity (Wildman–Crippen MR) is 195 cm³/mol. The molecule has 51 heavy (non-hydrogen) atoms. The standard InChI is InChI=1S/C38H45N5O7S/c1-19-35(50-21(3)44)30-29(37-36(19)48-18-49-37)20(2)43-14-12-40-32(25-7-5-9-28(47-4)34(25)45)33(43)38(30)51-17-22-16-42(46)13-6-8-24-26-15-23(39)10-11-27(26)41-31(22)24/h5,7,9-11,15,20,22,32-33,38,40-41,45-46H,6,8,12-14,16-18,39H2,1-4H3. The number of piperazine rings is 1. The number of phenolic OH excluding ortho intramolecular Hbond substituents is 1. The van der Waals surface area contributed by atoms with Crippen LogP contribution in [0.3, 0.4) is 0 Å². The maximum Gasteiger partial charge on any atom is 0.308 e. The number of aromatic nitrogens is 1. The molecule has 12 nitrogen and oxygen atoms in total. The molecule has 0 spiro atoms. The van der Waals surface area contributed by atoms with Crippen LogP contribution < -0.4 is 30.0 Å². The number of methoxy groups -OCH3 is 1. The van der Waals surface area contributed by atoms with Gasteiger partial charge in [-0.1, -0.05) is 12.1 Å². The molecule has 3 aromatic carbocycles. The van der Waals surface area contributed by atoms with Crippen LogP contribution >= 0.6 is 11.8 Å². The Hall–Kier alpha value is -4.14. The molecule has 0 saturated carbocycles. The maximum absolute atomic E-state index is 12.8. The van der Waals surface area contributed by atoms with Gasteiger partial charge in [-0.2, -0.15) is 16.8 Å². The van der Waals surface area contributed by atoms with Crippen molar-refractivity contribution in [3.8, 4) is 28.7 Å². The number of nitrogens with one attached hydrogen (secondary N) is 2. The van der Waals surface area contributed by atoms with Crippen molar-refractivity contribution in [2.24, 2.45) is 0 Å². The van der Waals surface area contributed by atoms with E-state index < -0.39 is 5.97 Å². The molecule has 0 radical (unpaired) electrons. The van der Waals surface area contributed by atoms with Crippen LogP contribution in [0.5, 0.6) is 28.7 Å². The normalized spacial score (nSPS) is 24.7. The summed E-state index contributed by atoms with van der Waals surface area (Å²) in [6.07, 6.45) is 1.64. The van der Waals surface area contributed by atoms with Crippen molar-refractivity contribution < 1.29 is 34.1 Å². The van der Waals surface area contributed by atoms with E-state index in [4.69, 9.17) is 24.7 Å². The Bertz CT molecular complexity index is 2000. The first kappa shape index (κ1) is 34.0. The van der Waals surface area contributed by atoms with Gasteiger partial charge in [-0.25, -0.2) is 0 Å². The van der Waals surface area contributed by atoms with Crippen molar-refractivity contribution in [2.75, 3.05) is 51.6 Å². The van der Waals surface area contributed by atoms with Gasteiger partial charge in [0.15, 0.2) is 23.0 Å². The zero-order valence-electron chi connectivity index (χ0n) is 29.3. The lowest BCUT2D eigenvalue weighted by Gasteiger charge is -2.53. The van der Waals surface area contributed by atoms with Crippen molar-refractivity contribution in [3.63, 3.8) is 0 Å². The van der Waals surface area contributed by atoms with Gasteiger partial charge in [0.2, 0.25) is 6.79 Å². The van der Waals surface area contributed by atoms with Crippen LogP contribution in [0.25, 0.3) is 10.9 Å². The number of hydroxylamine groups is 2. The number of thioether (sulfide) groups is 1. The third-order valence-corrected chi connectivity index (χ3v) is 12.5. The van der Waals surface area contributed by atoms with Gasteiger partial charge in [0.25, 0.3) is 0 Å². The zero-order valence-corrected chi connectivity index (χ0v) is 30.1. The number of nitrogens with two attached hydrogens (primary N) is 1. The number of rotatable bonds is 6. The van der Waals surface area contributed by atoms with Crippen LogP contribution in [0.15, 0.2) is 36.4 Å². The number of H-pyrrole nitrogens is 1. The van der Waals surface area contributed by atoms with E-state index in [2.05, 4.69) is 22.1 Å². The maximum atomic E-state index is 12.8. The van der Waals surface area contributed by atoms with E-state index in [0.29, 0.717) is 48.4 Å². The zero-order chi connectivity index (χ0) is 35.6. The quantitative estimate of drug-likeness (QED) is 0.0944. The number of anilines is 1. The number of esters is 1. The summed E-state index contributed by atoms with van der Waals surface area (Å²) in [5, 5.41) is 28.6. The molecule has 1 fully saturated rings. The van der Waals surface area contributed by atoms with Crippen LogP contribution in [0.1, 0.15) is 77.0 Å². The highest BCUT2D eigenvalue weighted by Gasteiger charge is 2.51. The number of aromatic amines is 1. The van der Waals surface area contributed by atoms with Crippen molar-refractivity contribution in [2.45, 2.75) is 62.9 Å². The number of aryl methyl sites for hydroxylation is 1. The molecule has 1 aromatic heterocycles. The molecule has 270 valence electrons. The van der Waals surface area contributed by atoms with E-state index >= 15 is 0 Å². The Morgan fingerprint density at radius 3 is 2.78 bits per heavy atom. The highest BCUT2D eigenvalue weighted by molar-refractivity contribution is 7.99. The lowest BCUT2D eigenvalue weighted by molar-refractivity contribution is -0.132. The number of para-hydroxylation sites is 1. The minimum atomic E-state index is -0.417. The summed E-state index contributed by atoms with van der Waals surface area (Å²) < 4.78 is 23.9. The molecule has 0 bridgehead atoms. The second kappa shape index (κ2) is 13.4. The first-order valence-corrected chi connectivity index (χ1v) is 18.7. The third kappa shape index (κ3) is 5.75. The smallest absolute Gasteiger partial charge is 0.308 e. The largest absolute Gasteiger partial charge is 0.504 e. The van der Waals surface area contributed by atoms with Gasteiger partial charge < -0.3 is 45.3 Å². The molecule has 5 heterocycles. The molecule has 0 aliphatic carbocycles. The second-order valence-electron chi connectivity index (χ2n) is 14.0. The van der Waals surface area contributed by atoms with E-state index in [1.807, 2.05) is 37.3 Å². The first-order chi connectivity index (χ1) is 24.7. The van der Waals surface area contributed by atoms with Gasteiger partial charge in [-0.3, -0.25) is 9.69 Å². The number of carbonyl (C=O) groups excluding carboxylic acids is 1. The van der Waals surface area contributed by atoms with Gasteiger partial charge in [0, 0.05) is 101 Å². The Morgan fingerprint density at radius 1 is 1.16 bits per heavy atom. The fourth-order valence-corrected chi connectivity index (χ4v) is 10.4. The van der Waals surface area contributed by atoms with E-state index in [1.54, 1.807) is 24.9 Å². The number of benzene rings is 3. The fraction of sp³-hybridized carbons (Fsp3) is 0.447. The minimum Gasteiger partial charge on any atom is -0.504 e. The summed E-state index contributed by atoms with van der Waals surface area (Å²) in [5.41, 5.74) is 13.7. The number of nitrogen functional groups attached to an aromatic ring is 1. The van der Waals surface area contributed by atoms with Crippen molar-refractivity contribution in [3.05, 3.63) is 69.9 Å². The Kier molecular flexibility index (Phi) is 8.95. The number of phenols is 1. The average molecular weight is 716 g/mol. The molecule has 4 aliphatic heterocycles. The van der Waals surface area contributed by atoms with Crippen molar-refractivity contribution >= 4 is 34.3 Å². The molecular formula is C38H45N5O7S. The highest BCUT2D eigenvalue weighted by atomic mass is 32.2. The molecule has 4 aliphatic rings. The van der Waals surface area contributed by atoms with Crippen LogP contribution in [0, 0.1) is 6.92 Å². The summed E-state index contributed by atoms with van der Waals surface area (Å²) in [7, 11) is 1.56. The van der Waals surface area contributed by atoms with Crippen LogP contribution in [0.4, 0.5) is 5.69 Å². The van der Waals surface area contributed by atoms with Gasteiger partial charge >= 0.3 is 5.97 Å². The monoisotopic (exact) mass is 715 g/mol.